The Balaban J connectivity index is 1.40. The van der Waals surface area contributed by atoms with Gasteiger partial charge in [-0.3, -0.25) is 14.7 Å². The number of amides is 1. The molecule has 0 spiro atoms. The first kappa shape index (κ1) is 21.9. The van der Waals surface area contributed by atoms with E-state index in [1.54, 1.807) is 6.20 Å². The highest BCUT2D eigenvalue weighted by atomic mass is 16.7. The van der Waals surface area contributed by atoms with E-state index in [-0.39, 0.29) is 5.91 Å². The Morgan fingerprint density at radius 3 is 2.30 bits per heavy atom. The van der Waals surface area contributed by atoms with Crippen molar-refractivity contribution < 1.29 is 14.1 Å². The first-order chi connectivity index (χ1) is 15.7. The summed E-state index contributed by atoms with van der Waals surface area (Å²) in [6.07, 6.45) is 5.05. The second-order valence-electron chi connectivity index (χ2n) is 9.86. The number of anilines is 2. The van der Waals surface area contributed by atoms with Gasteiger partial charge in [0.25, 0.3) is 0 Å². The molecule has 0 unspecified atom stereocenters. The minimum Gasteiger partial charge on any atom is -0.399 e. The number of fused-ring (bicyclic) bond motifs is 1. The molecule has 1 aromatic heterocycles. The van der Waals surface area contributed by atoms with Gasteiger partial charge in [-0.2, -0.15) is 0 Å². The highest BCUT2D eigenvalue weighted by molar-refractivity contribution is 6.62. The molecule has 6 heteroatoms. The lowest BCUT2D eigenvalue weighted by atomic mass is 9.79. The normalized spacial score (nSPS) is 18.6. The van der Waals surface area contributed by atoms with Crippen LogP contribution in [0.4, 0.5) is 11.4 Å². The lowest BCUT2D eigenvalue weighted by molar-refractivity contribution is -0.116. The van der Waals surface area contributed by atoms with Crippen molar-refractivity contribution in [1.29, 1.82) is 0 Å². The molecule has 0 radical (unpaired) electrons. The minimum absolute atomic E-state index is 0.107. The molecule has 3 aromatic rings. The number of hydrogen-bond donors (Lipinski definition) is 0. The highest BCUT2D eigenvalue weighted by Crippen LogP contribution is 2.38. The lowest BCUT2D eigenvalue weighted by Gasteiger charge is -2.32. The van der Waals surface area contributed by atoms with E-state index >= 15 is 0 Å². The van der Waals surface area contributed by atoms with E-state index < -0.39 is 18.3 Å². The Kier molecular flexibility index (Phi) is 5.18. The van der Waals surface area contributed by atoms with Crippen LogP contribution in [-0.2, 0) is 26.9 Å². The van der Waals surface area contributed by atoms with Crippen LogP contribution in [0.25, 0.3) is 11.1 Å². The first-order valence-corrected chi connectivity index (χ1v) is 11.5. The van der Waals surface area contributed by atoms with Crippen molar-refractivity contribution in [3.05, 3.63) is 72.1 Å². The number of carbonyl (C=O) groups is 1. The Morgan fingerprint density at radius 1 is 0.939 bits per heavy atom. The molecule has 5 nitrogen and oxygen atoms in total. The molecule has 1 saturated heterocycles. The average molecular weight is 440 g/mol. The third-order valence-corrected chi connectivity index (χ3v) is 7.13. The molecule has 3 heterocycles. The molecule has 33 heavy (non-hydrogen) atoms. The van der Waals surface area contributed by atoms with Gasteiger partial charge in [0.05, 0.1) is 23.3 Å². The minimum atomic E-state index is -0.451. The first-order valence-electron chi connectivity index (χ1n) is 11.5. The number of rotatable bonds is 4. The molecule has 0 bridgehead atoms. The smallest absolute Gasteiger partial charge is 0.399 e. The lowest BCUT2D eigenvalue weighted by Crippen LogP contribution is -2.41. The maximum Gasteiger partial charge on any atom is 0.496 e. The third kappa shape index (κ3) is 3.77. The maximum atomic E-state index is 12.8. The van der Waals surface area contributed by atoms with E-state index in [0.29, 0.717) is 6.42 Å². The second-order valence-corrected chi connectivity index (χ2v) is 9.86. The molecule has 2 aliphatic rings. The molecular formula is C27H29BN2O3. The molecule has 1 amide bonds. The second kappa shape index (κ2) is 7.82. The molecule has 2 aromatic carbocycles. The SMILES string of the molecule is CCc1ccc2c(c1)CC(=O)N2c1ccc(-c2cncc(B3OC(C)(C)C(C)(C)O3)c2)cc1. The summed E-state index contributed by atoms with van der Waals surface area (Å²) in [5.74, 6) is 0.107. The molecule has 1 fully saturated rings. The topological polar surface area (TPSA) is 51.7 Å². The Labute approximate surface area is 195 Å². The molecule has 0 aliphatic carbocycles. The molecule has 168 valence electrons. The molecule has 0 saturated carbocycles. The van der Waals surface area contributed by atoms with Gasteiger partial charge >= 0.3 is 7.12 Å². The number of nitrogens with zero attached hydrogens (tertiary/aromatic N) is 2. The van der Waals surface area contributed by atoms with Crippen molar-refractivity contribution in [2.75, 3.05) is 4.90 Å². The van der Waals surface area contributed by atoms with E-state index in [4.69, 9.17) is 9.31 Å². The zero-order valence-electron chi connectivity index (χ0n) is 19.9. The van der Waals surface area contributed by atoms with E-state index in [2.05, 4.69) is 36.2 Å². The number of aryl methyl sites for hydroxylation is 1. The Hall–Kier alpha value is -2.96. The fourth-order valence-electron chi connectivity index (χ4n) is 4.40. The number of hydrogen-bond acceptors (Lipinski definition) is 4. The highest BCUT2D eigenvalue weighted by Gasteiger charge is 2.51. The van der Waals surface area contributed by atoms with Crippen molar-refractivity contribution in [3.63, 3.8) is 0 Å². The van der Waals surface area contributed by atoms with Crippen molar-refractivity contribution in [2.24, 2.45) is 0 Å². The van der Waals surface area contributed by atoms with Gasteiger partial charge in [0.15, 0.2) is 0 Å². The summed E-state index contributed by atoms with van der Waals surface area (Å²) in [6, 6.07) is 16.4. The van der Waals surface area contributed by atoms with Gasteiger partial charge in [-0.1, -0.05) is 37.3 Å². The zero-order valence-corrected chi connectivity index (χ0v) is 19.9. The summed E-state index contributed by atoms with van der Waals surface area (Å²) in [4.78, 5) is 19.0. The van der Waals surface area contributed by atoms with Gasteiger partial charge in [0, 0.05) is 23.5 Å². The standard InChI is InChI=1S/C27H29BN2O3/c1-6-18-7-12-24-20(13-18)15-25(31)30(24)23-10-8-19(9-11-23)21-14-22(17-29-16-21)28-32-26(2,3)27(4,5)33-28/h7-14,16-17H,6,15H2,1-5H3. The van der Waals surface area contributed by atoms with Crippen LogP contribution in [0, 0.1) is 0 Å². The number of carbonyl (C=O) groups excluding carboxylic acids is 1. The number of aromatic nitrogens is 1. The summed E-state index contributed by atoms with van der Waals surface area (Å²) in [5, 5.41) is 0. The van der Waals surface area contributed by atoms with E-state index in [9.17, 15) is 4.79 Å². The van der Waals surface area contributed by atoms with Gasteiger partial charge in [-0.05, 0) is 74.6 Å². The molecule has 2 aliphatic heterocycles. The van der Waals surface area contributed by atoms with Crippen LogP contribution >= 0.6 is 0 Å². The largest absolute Gasteiger partial charge is 0.496 e. The predicted molar refractivity (Wildman–Crippen MR) is 132 cm³/mol. The fraction of sp³-hybridized carbons (Fsp3) is 0.333. The monoisotopic (exact) mass is 440 g/mol. The van der Waals surface area contributed by atoms with Crippen molar-refractivity contribution >= 4 is 29.9 Å². The van der Waals surface area contributed by atoms with Crippen LogP contribution in [0.15, 0.2) is 60.9 Å². The van der Waals surface area contributed by atoms with Crippen molar-refractivity contribution in [2.45, 2.75) is 58.7 Å². The Bertz CT molecular complexity index is 1200. The van der Waals surface area contributed by atoms with E-state index in [0.717, 1.165) is 39.9 Å². The van der Waals surface area contributed by atoms with E-state index in [1.807, 2.05) is 63.1 Å². The van der Waals surface area contributed by atoms with Gasteiger partial charge < -0.3 is 9.31 Å². The fourth-order valence-corrected chi connectivity index (χ4v) is 4.40. The predicted octanol–water partition coefficient (Wildman–Crippen LogP) is 4.83. The maximum absolute atomic E-state index is 12.8. The van der Waals surface area contributed by atoms with Gasteiger partial charge in [-0.15, -0.1) is 0 Å². The van der Waals surface area contributed by atoms with Crippen LogP contribution in [0.1, 0.15) is 45.7 Å². The van der Waals surface area contributed by atoms with Crippen LogP contribution in [0.2, 0.25) is 0 Å². The van der Waals surface area contributed by atoms with Crippen molar-refractivity contribution in [3.8, 4) is 11.1 Å². The molecule has 0 N–H and O–H groups in total. The average Bonchev–Trinajstić information content (AvgIpc) is 3.24. The zero-order chi connectivity index (χ0) is 23.4. The molecular weight excluding hydrogens is 411 g/mol. The van der Waals surface area contributed by atoms with Crippen LogP contribution in [0.3, 0.4) is 0 Å². The van der Waals surface area contributed by atoms with Gasteiger partial charge in [0.2, 0.25) is 5.91 Å². The third-order valence-electron chi connectivity index (χ3n) is 7.13. The van der Waals surface area contributed by atoms with E-state index in [1.165, 1.54) is 5.56 Å². The van der Waals surface area contributed by atoms with Crippen LogP contribution in [0.5, 0.6) is 0 Å². The molecule has 0 atom stereocenters. The van der Waals surface area contributed by atoms with Crippen LogP contribution < -0.4 is 10.4 Å². The van der Waals surface area contributed by atoms with Crippen molar-refractivity contribution in [1.82, 2.24) is 4.98 Å². The number of benzene rings is 2. The summed E-state index contributed by atoms with van der Waals surface area (Å²) in [5.41, 5.74) is 6.32. The number of pyridine rings is 1. The molecule has 5 rings (SSSR count). The Morgan fingerprint density at radius 2 is 1.64 bits per heavy atom. The summed E-state index contributed by atoms with van der Waals surface area (Å²) < 4.78 is 12.4. The quantitative estimate of drug-likeness (QED) is 0.546. The van der Waals surface area contributed by atoms with Crippen LogP contribution in [-0.4, -0.2) is 29.2 Å². The van der Waals surface area contributed by atoms with Gasteiger partial charge in [-0.25, -0.2) is 0 Å². The summed E-state index contributed by atoms with van der Waals surface area (Å²) in [7, 11) is -0.451. The summed E-state index contributed by atoms with van der Waals surface area (Å²) >= 11 is 0. The summed E-state index contributed by atoms with van der Waals surface area (Å²) in [6.45, 7) is 10.3. The van der Waals surface area contributed by atoms with Gasteiger partial charge in [0.1, 0.15) is 0 Å².